The maximum absolute atomic E-state index is 12.2. The lowest BCUT2D eigenvalue weighted by molar-refractivity contribution is -0.115. The van der Waals surface area contributed by atoms with E-state index in [-0.39, 0.29) is 5.91 Å². The van der Waals surface area contributed by atoms with Crippen molar-refractivity contribution in [3.8, 4) is 11.4 Å². The number of nitrogens with zero attached hydrogens (tertiary/aromatic N) is 3. The first-order valence-corrected chi connectivity index (χ1v) is 11.3. The van der Waals surface area contributed by atoms with E-state index < -0.39 is 0 Å². The standard InChI is InChI=1S/C22H23ClN4OS/c23-19-13-7-6-12-18(19)21-25-26-22(27(21)17-10-4-5-11-17)29-15-14-20(28)24-16-8-2-1-3-9-16/h1-3,6-9,12-13,17H,4-5,10-11,14-15H2,(H,24,28). The average Bonchev–Trinajstić information content (AvgIpc) is 3.39. The van der Waals surface area contributed by atoms with Crippen LogP contribution in [0.5, 0.6) is 0 Å². The number of amides is 1. The van der Waals surface area contributed by atoms with Gasteiger partial charge in [-0.3, -0.25) is 9.36 Å². The van der Waals surface area contributed by atoms with Crippen molar-refractivity contribution in [2.75, 3.05) is 11.1 Å². The zero-order valence-electron chi connectivity index (χ0n) is 16.1. The molecule has 0 atom stereocenters. The molecule has 0 spiro atoms. The van der Waals surface area contributed by atoms with Crippen LogP contribution >= 0.6 is 23.4 Å². The highest BCUT2D eigenvalue weighted by Crippen LogP contribution is 2.38. The molecule has 1 fully saturated rings. The summed E-state index contributed by atoms with van der Waals surface area (Å²) >= 11 is 8.01. The molecule has 1 amide bonds. The first-order valence-electron chi connectivity index (χ1n) is 9.90. The Balaban J connectivity index is 1.47. The van der Waals surface area contributed by atoms with Gasteiger partial charge >= 0.3 is 0 Å². The lowest BCUT2D eigenvalue weighted by atomic mass is 10.2. The number of benzene rings is 2. The van der Waals surface area contributed by atoms with Crippen molar-refractivity contribution in [2.24, 2.45) is 0 Å². The molecule has 1 saturated carbocycles. The Morgan fingerprint density at radius 3 is 2.55 bits per heavy atom. The van der Waals surface area contributed by atoms with Gasteiger partial charge in [-0.05, 0) is 37.1 Å². The van der Waals surface area contributed by atoms with Gasteiger partial charge in [0.1, 0.15) is 0 Å². The molecule has 1 N–H and O–H groups in total. The van der Waals surface area contributed by atoms with Gasteiger partial charge in [-0.1, -0.05) is 66.5 Å². The molecule has 0 radical (unpaired) electrons. The molecule has 4 rings (SSSR count). The Labute approximate surface area is 179 Å². The second kappa shape index (κ2) is 9.46. The highest BCUT2D eigenvalue weighted by atomic mass is 35.5. The predicted octanol–water partition coefficient (Wildman–Crippen LogP) is 5.83. The SMILES string of the molecule is O=C(CCSc1nnc(-c2ccccc2Cl)n1C1CCCC1)Nc1ccccc1. The molecule has 7 heteroatoms. The molecule has 29 heavy (non-hydrogen) atoms. The van der Waals surface area contributed by atoms with Crippen LogP contribution in [0.3, 0.4) is 0 Å². The van der Waals surface area contributed by atoms with E-state index in [1.807, 2.05) is 54.6 Å². The average molecular weight is 427 g/mol. The lowest BCUT2D eigenvalue weighted by Gasteiger charge is -2.17. The molecule has 0 saturated heterocycles. The number of nitrogens with one attached hydrogen (secondary N) is 1. The summed E-state index contributed by atoms with van der Waals surface area (Å²) in [5.41, 5.74) is 1.72. The molecule has 1 aliphatic rings. The van der Waals surface area contributed by atoms with Gasteiger partial charge in [-0.25, -0.2) is 0 Å². The maximum Gasteiger partial charge on any atom is 0.225 e. The van der Waals surface area contributed by atoms with Crippen molar-refractivity contribution in [1.82, 2.24) is 14.8 Å². The van der Waals surface area contributed by atoms with Crippen molar-refractivity contribution >= 4 is 35.0 Å². The third-order valence-electron chi connectivity index (χ3n) is 5.09. The predicted molar refractivity (Wildman–Crippen MR) is 118 cm³/mol. The van der Waals surface area contributed by atoms with Gasteiger partial charge in [-0.2, -0.15) is 0 Å². The topological polar surface area (TPSA) is 59.8 Å². The van der Waals surface area contributed by atoms with Crippen LogP contribution in [0.4, 0.5) is 5.69 Å². The maximum atomic E-state index is 12.2. The minimum atomic E-state index is 0.00181. The zero-order valence-corrected chi connectivity index (χ0v) is 17.6. The van der Waals surface area contributed by atoms with Crippen molar-refractivity contribution in [1.29, 1.82) is 0 Å². The molecule has 1 aliphatic carbocycles. The molecule has 0 bridgehead atoms. The summed E-state index contributed by atoms with van der Waals surface area (Å²) in [6, 6.07) is 17.7. The number of halogens is 1. The van der Waals surface area contributed by atoms with Crippen LogP contribution in [-0.2, 0) is 4.79 Å². The fourth-order valence-electron chi connectivity index (χ4n) is 3.67. The summed E-state index contributed by atoms with van der Waals surface area (Å²) in [7, 11) is 0. The summed E-state index contributed by atoms with van der Waals surface area (Å²) in [6.07, 6.45) is 5.09. The van der Waals surface area contributed by atoms with Crippen LogP contribution in [0.15, 0.2) is 59.8 Å². The third-order valence-corrected chi connectivity index (χ3v) is 6.36. The quantitative estimate of drug-likeness (QED) is 0.482. The summed E-state index contributed by atoms with van der Waals surface area (Å²) in [6.45, 7) is 0. The van der Waals surface area contributed by atoms with E-state index in [1.165, 1.54) is 12.8 Å². The number of rotatable bonds is 7. The third kappa shape index (κ3) is 4.82. The molecule has 150 valence electrons. The summed E-state index contributed by atoms with van der Waals surface area (Å²) in [4.78, 5) is 12.2. The molecule has 1 heterocycles. The van der Waals surface area contributed by atoms with E-state index in [9.17, 15) is 4.79 Å². The monoisotopic (exact) mass is 426 g/mol. The second-order valence-corrected chi connectivity index (χ2v) is 8.58. The van der Waals surface area contributed by atoms with Gasteiger partial charge < -0.3 is 5.32 Å². The molecular weight excluding hydrogens is 404 g/mol. The fraction of sp³-hybridized carbons (Fsp3) is 0.318. The Hall–Kier alpha value is -2.31. The van der Waals surface area contributed by atoms with Crippen molar-refractivity contribution in [3.63, 3.8) is 0 Å². The van der Waals surface area contributed by atoms with E-state index in [0.29, 0.717) is 23.2 Å². The number of thioether (sulfide) groups is 1. The van der Waals surface area contributed by atoms with Crippen LogP contribution in [0.25, 0.3) is 11.4 Å². The summed E-state index contributed by atoms with van der Waals surface area (Å²) in [5, 5.41) is 13.4. The van der Waals surface area contributed by atoms with Crippen molar-refractivity contribution < 1.29 is 4.79 Å². The van der Waals surface area contributed by atoms with Crippen molar-refractivity contribution in [3.05, 3.63) is 59.6 Å². The lowest BCUT2D eigenvalue weighted by Crippen LogP contribution is -2.13. The largest absolute Gasteiger partial charge is 0.326 e. The number of carbonyl (C=O) groups excluding carboxylic acids is 1. The minimum absolute atomic E-state index is 0.00181. The molecule has 0 unspecified atom stereocenters. The summed E-state index contributed by atoms with van der Waals surface area (Å²) in [5.74, 6) is 1.46. The highest BCUT2D eigenvalue weighted by Gasteiger charge is 2.25. The van der Waals surface area contributed by atoms with Crippen molar-refractivity contribution in [2.45, 2.75) is 43.3 Å². The van der Waals surface area contributed by atoms with Crippen LogP contribution in [0.2, 0.25) is 5.02 Å². The molecule has 5 nitrogen and oxygen atoms in total. The van der Waals surface area contributed by atoms with Gasteiger partial charge in [0.15, 0.2) is 11.0 Å². The number of hydrogen-bond donors (Lipinski definition) is 1. The van der Waals surface area contributed by atoms with Crippen LogP contribution < -0.4 is 5.32 Å². The molecule has 1 aromatic heterocycles. The number of carbonyl (C=O) groups is 1. The molecular formula is C22H23ClN4OS. The number of para-hydroxylation sites is 1. The van der Waals surface area contributed by atoms with E-state index in [2.05, 4.69) is 20.1 Å². The van der Waals surface area contributed by atoms with Crippen LogP contribution in [0, 0.1) is 0 Å². The molecule has 3 aromatic rings. The van der Waals surface area contributed by atoms with E-state index >= 15 is 0 Å². The Kier molecular flexibility index (Phi) is 6.52. The van der Waals surface area contributed by atoms with E-state index in [1.54, 1.807) is 11.8 Å². The Morgan fingerprint density at radius 1 is 1.07 bits per heavy atom. The Morgan fingerprint density at radius 2 is 1.79 bits per heavy atom. The van der Waals surface area contributed by atoms with Gasteiger partial charge in [0.25, 0.3) is 0 Å². The Bertz CT molecular complexity index is 970. The zero-order chi connectivity index (χ0) is 20.1. The van der Waals surface area contributed by atoms with Gasteiger partial charge in [0, 0.05) is 29.5 Å². The number of aromatic nitrogens is 3. The number of anilines is 1. The molecule has 2 aromatic carbocycles. The van der Waals surface area contributed by atoms with Gasteiger partial charge in [0.2, 0.25) is 5.91 Å². The van der Waals surface area contributed by atoms with E-state index in [4.69, 9.17) is 11.6 Å². The van der Waals surface area contributed by atoms with Crippen LogP contribution in [-0.4, -0.2) is 26.4 Å². The first-order chi connectivity index (χ1) is 14.2. The highest BCUT2D eigenvalue weighted by molar-refractivity contribution is 7.99. The smallest absolute Gasteiger partial charge is 0.225 e. The molecule has 0 aliphatic heterocycles. The fourth-order valence-corrected chi connectivity index (χ4v) is 4.84. The first kappa shape index (κ1) is 20.0. The van der Waals surface area contributed by atoms with Crippen LogP contribution in [0.1, 0.15) is 38.1 Å². The number of hydrogen-bond acceptors (Lipinski definition) is 4. The van der Waals surface area contributed by atoms with Gasteiger partial charge in [-0.15, -0.1) is 10.2 Å². The summed E-state index contributed by atoms with van der Waals surface area (Å²) < 4.78 is 2.23. The van der Waals surface area contributed by atoms with Gasteiger partial charge in [0.05, 0.1) is 5.02 Å². The normalized spacial score (nSPS) is 14.2. The van der Waals surface area contributed by atoms with E-state index in [0.717, 1.165) is 35.1 Å². The minimum Gasteiger partial charge on any atom is -0.326 e. The second-order valence-electron chi connectivity index (χ2n) is 7.11.